The molecule has 1 aromatic carbocycles. The van der Waals surface area contributed by atoms with E-state index in [1.54, 1.807) is 6.07 Å². The van der Waals surface area contributed by atoms with Crippen LogP contribution in [0.1, 0.15) is 26.3 Å². The van der Waals surface area contributed by atoms with E-state index in [9.17, 15) is 0 Å². The van der Waals surface area contributed by atoms with Crippen LogP contribution in [0.15, 0.2) is 12.1 Å². The molecular weight excluding hydrogens is 205 g/mol. The van der Waals surface area contributed by atoms with Crippen LogP contribution in [0.5, 0.6) is 0 Å². The molecule has 0 aliphatic carbocycles. The molecule has 0 radical (unpaired) electrons. The number of hydrogen-bond donors (Lipinski definition) is 1. The second kappa shape index (κ2) is 3.39. The van der Waals surface area contributed by atoms with Crippen molar-refractivity contribution in [1.82, 2.24) is 0 Å². The quantitative estimate of drug-likeness (QED) is 0.657. The van der Waals surface area contributed by atoms with E-state index >= 15 is 0 Å². The zero-order chi connectivity index (χ0) is 10.2. The number of hydrogen-bond acceptors (Lipinski definition) is 1. The van der Waals surface area contributed by atoms with Gasteiger partial charge in [0.1, 0.15) is 0 Å². The van der Waals surface area contributed by atoms with Crippen molar-refractivity contribution >= 4 is 28.9 Å². The lowest BCUT2D eigenvalue weighted by molar-refractivity contribution is 0.591. The van der Waals surface area contributed by atoms with Gasteiger partial charge in [-0.2, -0.15) is 0 Å². The van der Waals surface area contributed by atoms with Crippen molar-refractivity contribution in [2.45, 2.75) is 26.2 Å². The van der Waals surface area contributed by atoms with Crippen molar-refractivity contribution in [3.63, 3.8) is 0 Å². The molecule has 3 heteroatoms. The molecule has 0 bridgehead atoms. The number of nitrogens with two attached hydrogens (primary N) is 1. The largest absolute Gasteiger partial charge is 0.399 e. The summed E-state index contributed by atoms with van der Waals surface area (Å²) in [7, 11) is 0. The van der Waals surface area contributed by atoms with Crippen LogP contribution in [0.4, 0.5) is 5.69 Å². The molecular formula is C10H13Cl2N. The Hall–Kier alpha value is -0.400. The molecule has 0 unspecified atom stereocenters. The molecule has 0 fully saturated rings. The molecule has 0 aliphatic heterocycles. The fourth-order valence-corrected chi connectivity index (χ4v) is 1.78. The highest BCUT2D eigenvalue weighted by molar-refractivity contribution is 6.42. The van der Waals surface area contributed by atoms with E-state index in [2.05, 4.69) is 20.8 Å². The fraction of sp³-hybridized carbons (Fsp3) is 0.400. The van der Waals surface area contributed by atoms with Crippen molar-refractivity contribution < 1.29 is 0 Å². The summed E-state index contributed by atoms with van der Waals surface area (Å²) in [5.41, 5.74) is 7.29. The van der Waals surface area contributed by atoms with Crippen LogP contribution in [0.3, 0.4) is 0 Å². The Labute approximate surface area is 88.8 Å². The lowest BCUT2D eigenvalue weighted by Crippen LogP contribution is -2.12. The van der Waals surface area contributed by atoms with Crippen LogP contribution in [-0.2, 0) is 5.41 Å². The Balaban J connectivity index is 3.37. The fourth-order valence-electron chi connectivity index (χ4n) is 1.16. The molecule has 1 rings (SSSR count). The second-order valence-corrected chi connectivity index (χ2v) is 4.90. The van der Waals surface area contributed by atoms with E-state index < -0.39 is 0 Å². The highest BCUT2D eigenvalue weighted by Gasteiger charge is 2.19. The number of rotatable bonds is 0. The maximum absolute atomic E-state index is 6.06. The van der Waals surface area contributed by atoms with Gasteiger partial charge in [0.2, 0.25) is 0 Å². The predicted octanol–water partition coefficient (Wildman–Crippen LogP) is 3.87. The van der Waals surface area contributed by atoms with E-state index in [1.165, 1.54) is 0 Å². The highest BCUT2D eigenvalue weighted by Crippen LogP contribution is 2.36. The van der Waals surface area contributed by atoms with E-state index in [0.29, 0.717) is 15.7 Å². The van der Waals surface area contributed by atoms with Gasteiger partial charge in [0.25, 0.3) is 0 Å². The summed E-state index contributed by atoms with van der Waals surface area (Å²) in [5, 5.41) is 1.12. The summed E-state index contributed by atoms with van der Waals surface area (Å²) >= 11 is 12.0. The molecule has 0 saturated heterocycles. The Morgan fingerprint density at radius 1 is 1.15 bits per heavy atom. The van der Waals surface area contributed by atoms with Gasteiger partial charge in [-0.3, -0.25) is 0 Å². The van der Waals surface area contributed by atoms with Gasteiger partial charge in [0, 0.05) is 5.69 Å². The Morgan fingerprint density at radius 2 is 1.69 bits per heavy atom. The predicted molar refractivity (Wildman–Crippen MR) is 59.6 cm³/mol. The van der Waals surface area contributed by atoms with Crippen molar-refractivity contribution in [2.24, 2.45) is 0 Å². The summed E-state index contributed by atoms with van der Waals surface area (Å²) < 4.78 is 0. The topological polar surface area (TPSA) is 26.0 Å². The van der Waals surface area contributed by atoms with Crippen LogP contribution in [0.2, 0.25) is 10.0 Å². The zero-order valence-electron chi connectivity index (χ0n) is 7.99. The van der Waals surface area contributed by atoms with E-state index in [-0.39, 0.29) is 5.41 Å². The summed E-state index contributed by atoms with van der Waals surface area (Å²) in [4.78, 5) is 0. The molecule has 0 saturated carbocycles. The average Bonchev–Trinajstić information content (AvgIpc) is 1.94. The number of benzene rings is 1. The van der Waals surface area contributed by atoms with Gasteiger partial charge in [-0.05, 0) is 23.1 Å². The highest BCUT2D eigenvalue weighted by atomic mass is 35.5. The van der Waals surface area contributed by atoms with Gasteiger partial charge in [-0.15, -0.1) is 0 Å². The average molecular weight is 218 g/mol. The van der Waals surface area contributed by atoms with Crippen molar-refractivity contribution in [2.75, 3.05) is 5.73 Å². The summed E-state index contributed by atoms with van der Waals surface area (Å²) in [5.74, 6) is 0. The van der Waals surface area contributed by atoms with E-state index in [0.717, 1.165) is 5.56 Å². The second-order valence-electron chi connectivity index (χ2n) is 4.11. The number of halogens is 2. The standard InChI is InChI=1S/C10H13Cl2N/c1-10(2,3)7-4-6(13)5-8(11)9(7)12/h4-5H,13H2,1-3H3. The first kappa shape index (κ1) is 10.7. The summed E-state index contributed by atoms with van der Waals surface area (Å²) in [6, 6.07) is 3.54. The Bertz CT molecular complexity index is 326. The van der Waals surface area contributed by atoms with Gasteiger partial charge in [-0.25, -0.2) is 0 Å². The first-order valence-corrected chi connectivity index (χ1v) is 4.83. The molecule has 72 valence electrons. The van der Waals surface area contributed by atoms with Gasteiger partial charge < -0.3 is 5.73 Å². The van der Waals surface area contributed by atoms with Gasteiger partial charge in [0.05, 0.1) is 10.0 Å². The molecule has 1 nitrogen and oxygen atoms in total. The molecule has 0 heterocycles. The molecule has 0 aliphatic rings. The third kappa shape index (κ3) is 2.29. The zero-order valence-corrected chi connectivity index (χ0v) is 9.50. The van der Waals surface area contributed by atoms with E-state index in [1.807, 2.05) is 6.07 Å². The Morgan fingerprint density at radius 3 is 2.15 bits per heavy atom. The van der Waals surface area contributed by atoms with Crippen LogP contribution in [0, 0.1) is 0 Å². The minimum Gasteiger partial charge on any atom is -0.399 e. The van der Waals surface area contributed by atoms with Crippen LogP contribution in [-0.4, -0.2) is 0 Å². The first-order valence-electron chi connectivity index (χ1n) is 4.07. The maximum atomic E-state index is 6.06. The SMILES string of the molecule is CC(C)(C)c1cc(N)cc(Cl)c1Cl. The minimum atomic E-state index is -0.0316. The third-order valence-corrected chi connectivity index (χ3v) is 2.66. The first-order chi connectivity index (χ1) is 5.82. The van der Waals surface area contributed by atoms with Gasteiger partial charge in [-0.1, -0.05) is 44.0 Å². The molecule has 1 aromatic rings. The Kier molecular flexibility index (Phi) is 2.79. The third-order valence-electron chi connectivity index (χ3n) is 1.86. The number of anilines is 1. The lowest BCUT2D eigenvalue weighted by atomic mass is 9.87. The van der Waals surface area contributed by atoms with Crippen LogP contribution < -0.4 is 5.73 Å². The van der Waals surface area contributed by atoms with E-state index in [4.69, 9.17) is 28.9 Å². The summed E-state index contributed by atoms with van der Waals surface area (Å²) in [6.07, 6.45) is 0. The van der Waals surface area contributed by atoms with Crippen molar-refractivity contribution in [3.05, 3.63) is 27.7 Å². The number of nitrogen functional groups attached to an aromatic ring is 1. The lowest BCUT2D eigenvalue weighted by Gasteiger charge is -2.21. The molecule has 0 aromatic heterocycles. The molecule has 0 spiro atoms. The molecule has 0 atom stereocenters. The van der Waals surface area contributed by atoms with Crippen LogP contribution >= 0.6 is 23.2 Å². The summed E-state index contributed by atoms with van der Waals surface area (Å²) in [6.45, 7) is 6.22. The van der Waals surface area contributed by atoms with Gasteiger partial charge >= 0.3 is 0 Å². The van der Waals surface area contributed by atoms with Crippen molar-refractivity contribution in [1.29, 1.82) is 0 Å². The smallest absolute Gasteiger partial charge is 0.0631 e. The van der Waals surface area contributed by atoms with Crippen molar-refractivity contribution in [3.8, 4) is 0 Å². The van der Waals surface area contributed by atoms with Gasteiger partial charge in [0.15, 0.2) is 0 Å². The van der Waals surface area contributed by atoms with Crippen LogP contribution in [0.25, 0.3) is 0 Å². The maximum Gasteiger partial charge on any atom is 0.0631 e. The molecule has 13 heavy (non-hydrogen) atoms. The monoisotopic (exact) mass is 217 g/mol. The minimum absolute atomic E-state index is 0.0316. The normalized spacial score (nSPS) is 11.8. The molecule has 0 amide bonds. The molecule has 2 N–H and O–H groups in total.